The maximum absolute atomic E-state index is 12.8. The summed E-state index contributed by atoms with van der Waals surface area (Å²) in [5.74, 6) is -0.696. The number of benzene rings is 2. The van der Waals surface area contributed by atoms with Gasteiger partial charge in [0.05, 0.1) is 5.69 Å². The van der Waals surface area contributed by atoms with E-state index in [4.69, 9.17) is 0 Å². The van der Waals surface area contributed by atoms with E-state index in [1.165, 1.54) is 11.8 Å². The number of carbonyl (C=O) groups is 3. The molecular formula is C18H16N2O3S. The zero-order valence-electron chi connectivity index (χ0n) is 13.3. The molecule has 1 atom stereocenters. The van der Waals surface area contributed by atoms with Crippen molar-refractivity contribution >= 4 is 40.2 Å². The molecule has 1 heterocycles. The van der Waals surface area contributed by atoms with Crippen LogP contribution in [-0.2, 0) is 9.59 Å². The van der Waals surface area contributed by atoms with Crippen LogP contribution < -0.4 is 9.80 Å². The molecule has 0 aromatic heterocycles. The molecule has 3 amide bonds. The van der Waals surface area contributed by atoms with Gasteiger partial charge in [0.25, 0.3) is 11.1 Å². The first-order valence-electron chi connectivity index (χ1n) is 7.45. The van der Waals surface area contributed by atoms with Crippen LogP contribution in [0.4, 0.5) is 16.2 Å². The highest BCUT2D eigenvalue weighted by atomic mass is 32.2. The lowest BCUT2D eigenvalue weighted by molar-refractivity contribution is -0.121. The molecule has 0 aliphatic carbocycles. The molecule has 0 N–H and O–H groups in total. The Kier molecular flexibility index (Phi) is 4.40. The summed E-state index contributed by atoms with van der Waals surface area (Å²) < 4.78 is 0. The Morgan fingerprint density at radius 3 is 2.25 bits per heavy atom. The summed E-state index contributed by atoms with van der Waals surface area (Å²) in [5, 5.41) is -1.27. The molecule has 0 spiro atoms. The van der Waals surface area contributed by atoms with Crippen molar-refractivity contribution in [3.8, 4) is 0 Å². The van der Waals surface area contributed by atoms with Gasteiger partial charge in [-0.05, 0) is 43.0 Å². The molecule has 2 aromatic rings. The number of thioether (sulfide) groups is 1. The van der Waals surface area contributed by atoms with Gasteiger partial charge in [-0.1, -0.05) is 35.9 Å². The zero-order chi connectivity index (χ0) is 17.3. The van der Waals surface area contributed by atoms with Gasteiger partial charge in [-0.25, -0.2) is 4.90 Å². The van der Waals surface area contributed by atoms with Crippen LogP contribution in [0.2, 0.25) is 0 Å². The van der Waals surface area contributed by atoms with Gasteiger partial charge >= 0.3 is 0 Å². The van der Waals surface area contributed by atoms with Gasteiger partial charge < -0.3 is 0 Å². The van der Waals surface area contributed by atoms with E-state index >= 15 is 0 Å². The van der Waals surface area contributed by atoms with Crippen LogP contribution in [0.3, 0.4) is 0 Å². The molecule has 0 bridgehead atoms. The second-order valence-corrected chi connectivity index (χ2v) is 6.50. The van der Waals surface area contributed by atoms with E-state index in [0.29, 0.717) is 11.4 Å². The summed E-state index contributed by atoms with van der Waals surface area (Å²) in [4.78, 5) is 39.8. The summed E-state index contributed by atoms with van der Waals surface area (Å²) in [6.07, 6.45) is 0. The van der Waals surface area contributed by atoms with Gasteiger partial charge in [0.2, 0.25) is 5.91 Å². The molecule has 2 aromatic carbocycles. The number of rotatable bonds is 3. The van der Waals surface area contributed by atoms with E-state index in [1.807, 2.05) is 25.1 Å². The van der Waals surface area contributed by atoms with Gasteiger partial charge in [-0.3, -0.25) is 19.3 Å². The van der Waals surface area contributed by atoms with E-state index in [-0.39, 0.29) is 11.1 Å². The number of aryl methyl sites for hydroxylation is 1. The van der Waals surface area contributed by atoms with Gasteiger partial charge in [0.1, 0.15) is 0 Å². The molecule has 6 heteroatoms. The third-order valence-corrected chi connectivity index (χ3v) is 4.75. The predicted octanol–water partition coefficient (Wildman–Crippen LogP) is 3.57. The van der Waals surface area contributed by atoms with Crippen molar-refractivity contribution < 1.29 is 14.4 Å². The first kappa shape index (κ1) is 16.3. The first-order chi connectivity index (χ1) is 11.5. The molecular weight excluding hydrogens is 324 g/mol. The first-order valence-corrected chi connectivity index (χ1v) is 8.33. The molecule has 5 nitrogen and oxygen atoms in total. The average molecular weight is 340 g/mol. The minimum absolute atomic E-state index is 0.286. The Labute approximate surface area is 144 Å². The Balaban J connectivity index is 1.95. The molecule has 0 unspecified atom stereocenters. The van der Waals surface area contributed by atoms with E-state index in [2.05, 4.69) is 0 Å². The van der Waals surface area contributed by atoms with E-state index in [0.717, 1.165) is 22.2 Å². The SMILES string of the molecule is CC(=O)N(c1ccccc1)[C@@H]1SC(=O)N(c2ccc(C)cc2)C1=O. The molecule has 1 aliphatic rings. The number of nitrogens with zero attached hydrogens (tertiary/aromatic N) is 2. The van der Waals surface area contributed by atoms with Crippen molar-refractivity contribution in [1.82, 2.24) is 0 Å². The van der Waals surface area contributed by atoms with Gasteiger partial charge in [-0.15, -0.1) is 0 Å². The lowest BCUT2D eigenvalue weighted by Gasteiger charge is -2.25. The molecule has 1 saturated heterocycles. The Morgan fingerprint density at radius 1 is 1.04 bits per heavy atom. The second-order valence-electron chi connectivity index (χ2n) is 5.47. The molecule has 3 rings (SSSR count). The van der Waals surface area contributed by atoms with Crippen molar-refractivity contribution in [2.45, 2.75) is 19.2 Å². The van der Waals surface area contributed by atoms with Crippen molar-refractivity contribution in [3.63, 3.8) is 0 Å². The third-order valence-electron chi connectivity index (χ3n) is 3.73. The van der Waals surface area contributed by atoms with Crippen LogP contribution in [0.5, 0.6) is 0 Å². The van der Waals surface area contributed by atoms with E-state index in [9.17, 15) is 14.4 Å². The van der Waals surface area contributed by atoms with Crippen molar-refractivity contribution in [1.29, 1.82) is 0 Å². The van der Waals surface area contributed by atoms with Crippen LogP contribution in [0, 0.1) is 6.92 Å². The highest BCUT2D eigenvalue weighted by molar-refractivity contribution is 8.16. The molecule has 24 heavy (non-hydrogen) atoms. The monoisotopic (exact) mass is 340 g/mol. The number of para-hydroxylation sites is 1. The van der Waals surface area contributed by atoms with Crippen LogP contribution in [-0.4, -0.2) is 22.4 Å². The predicted molar refractivity (Wildman–Crippen MR) is 95.0 cm³/mol. The lowest BCUT2D eigenvalue weighted by Crippen LogP contribution is -2.44. The fraction of sp³-hybridized carbons (Fsp3) is 0.167. The zero-order valence-corrected chi connectivity index (χ0v) is 14.1. The Hall–Kier alpha value is -2.60. The molecule has 122 valence electrons. The van der Waals surface area contributed by atoms with Gasteiger partial charge in [0, 0.05) is 12.6 Å². The average Bonchev–Trinajstić information content (AvgIpc) is 2.84. The highest BCUT2D eigenvalue weighted by Gasteiger charge is 2.45. The molecule has 0 radical (unpaired) electrons. The number of imide groups is 1. The lowest BCUT2D eigenvalue weighted by atomic mass is 10.2. The smallest absolute Gasteiger partial charge is 0.290 e. The Morgan fingerprint density at radius 2 is 1.67 bits per heavy atom. The van der Waals surface area contributed by atoms with E-state index < -0.39 is 11.3 Å². The number of hydrogen-bond donors (Lipinski definition) is 0. The van der Waals surface area contributed by atoms with Gasteiger partial charge in [0.15, 0.2) is 5.37 Å². The van der Waals surface area contributed by atoms with Crippen LogP contribution in [0.1, 0.15) is 12.5 Å². The fourth-order valence-corrected chi connectivity index (χ4v) is 3.63. The normalized spacial score (nSPS) is 17.2. The van der Waals surface area contributed by atoms with Crippen molar-refractivity contribution in [2.24, 2.45) is 0 Å². The molecule has 1 fully saturated rings. The van der Waals surface area contributed by atoms with Crippen LogP contribution in [0.15, 0.2) is 54.6 Å². The number of anilines is 2. The van der Waals surface area contributed by atoms with E-state index in [1.54, 1.807) is 36.4 Å². The summed E-state index contributed by atoms with van der Waals surface area (Å²) in [7, 11) is 0. The second kappa shape index (κ2) is 6.49. The van der Waals surface area contributed by atoms with Crippen LogP contribution in [0.25, 0.3) is 0 Å². The third kappa shape index (κ3) is 2.92. The van der Waals surface area contributed by atoms with Crippen molar-refractivity contribution in [3.05, 3.63) is 60.2 Å². The molecule has 1 aliphatic heterocycles. The quantitative estimate of drug-likeness (QED) is 0.857. The summed E-state index contributed by atoms with van der Waals surface area (Å²) in [6.45, 7) is 3.32. The Bertz CT molecular complexity index is 790. The maximum Gasteiger partial charge on any atom is 0.295 e. The summed E-state index contributed by atoms with van der Waals surface area (Å²) >= 11 is 0.855. The van der Waals surface area contributed by atoms with Crippen LogP contribution >= 0.6 is 11.8 Å². The maximum atomic E-state index is 12.8. The highest BCUT2D eigenvalue weighted by Crippen LogP contribution is 2.35. The topological polar surface area (TPSA) is 57.7 Å². The largest absolute Gasteiger partial charge is 0.295 e. The standard InChI is InChI=1S/C18H16N2O3S/c1-12-8-10-15(11-9-12)20-16(22)17(24-18(20)23)19(13(2)21)14-6-4-3-5-7-14/h3-11,17H,1-2H3/t17-/m1/s1. The molecule has 0 saturated carbocycles. The minimum Gasteiger partial charge on any atom is -0.290 e. The fourth-order valence-electron chi connectivity index (χ4n) is 2.56. The van der Waals surface area contributed by atoms with Gasteiger partial charge in [-0.2, -0.15) is 0 Å². The minimum atomic E-state index is -0.890. The van der Waals surface area contributed by atoms with Crippen molar-refractivity contribution in [2.75, 3.05) is 9.80 Å². The number of amides is 3. The number of carbonyl (C=O) groups excluding carboxylic acids is 3. The summed E-state index contributed by atoms with van der Waals surface area (Å²) in [5.41, 5.74) is 2.15. The summed E-state index contributed by atoms with van der Waals surface area (Å²) in [6, 6.07) is 16.0. The number of hydrogen-bond acceptors (Lipinski definition) is 4.